The third-order valence-corrected chi connectivity index (χ3v) is 5.20. The maximum absolute atomic E-state index is 12.6. The Kier molecular flexibility index (Phi) is 5.42. The van der Waals surface area contributed by atoms with Crippen LogP contribution >= 0.6 is 0 Å². The van der Waals surface area contributed by atoms with Gasteiger partial charge in [-0.15, -0.1) is 0 Å². The third-order valence-electron chi connectivity index (χ3n) is 5.20. The number of hydrogen-bond acceptors (Lipinski definition) is 5. The Labute approximate surface area is 171 Å². The quantitative estimate of drug-likeness (QED) is 0.740. The van der Waals surface area contributed by atoms with Gasteiger partial charge in [0.2, 0.25) is 5.95 Å². The van der Waals surface area contributed by atoms with Crippen LogP contribution < -0.4 is 15.1 Å². The molecule has 4 rings (SSSR count). The topological polar surface area (TPSA) is 61.4 Å². The molecule has 0 spiro atoms. The van der Waals surface area contributed by atoms with Gasteiger partial charge in [0.05, 0.1) is 0 Å². The fourth-order valence-electron chi connectivity index (χ4n) is 3.52. The first kappa shape index (κ1) is 18.9. The second kappa shape index (κ2) is 8.31. The fourth-order valence-corrected chi connectivity index (χ4v) is 3.52. The highest BCUT2D eigenvalue weighted by molar-refractivity contribution is 6.03. The van der Waals surface area contributed by atoms with Gasteiger partial charge in [-0.05, 0) is 49.2 Å². The van der Waals surface area contributed by atoms with Crippen molar-refractivity contribution in [1.29, 1.82) is 0 Å². The molecule has 0 atom stereocenters. The lowest BCUT2D eigenvalue weighted by molar-refractivity contribution is 0.102. The van der Waals surface area contributed by atoms with Crippen LogP contribution in [0.5, 0.6) is 0 Å². The second-order valence-corrected chi connectivity index (χ2v) is 7.32. The molecule has 29 heavy (non-hydrogen) atoms. The number of benzene rings is 2. The summed E-state index contributed by atoms with van der Waals surface area (Å²) in [4.78, 5) is 26.1. The molecule has 1 aliphatic heterocycles. The van der Waals surface area contributed by atoms with E-state index in [2.05, 4.69) is 56.3 Å². The summed E-state index contributed by atoms with van der Waals surface area (Å²) in [6.07, 6.45) is 1.65. The smallest absolute Gasteiger partial charge is 0.274 e. The molecule has 3 aromatic rings. The third kappa shape index (κ3) is 4.37. The first-order valence-electron chi connectivity index (χ1n) is 9.87. The summed E-state index contributed by atoms with van der Waals surface area (Å²) in [7, 11) is 0. The van der Waals surface area contributed by atoms with Crippen LogP contribution in [-0.2, 0) is 0 Å². The molecule has 1 fully saturated rings. The number of nitrogens with zero attached hydrogens (tertiary/aromatic N) is 4. The summed E-state index contributed by atoms with van der Waals surface area (Å²) >= 11 is 0. The first-order valence-corrected chi connectivity index (χ1v) is 9.87. The highest BCUT2D eigenvalue weighted by Crippen LogP contribution is 2.20. The number of piperazine rings is 1. The van der Waals surface area contributed by atoms with Gasteiger partial charge in [-0.3, -0.25) is 4.79 Å². The lowest BCUT2D eigenvalue weighted by Crippen LogP contribution is -2.47. The standard InChI is InChI=1S/C23H25N5O/c1-17-6-5-8-19(16-17)27-12-14-28(15-13-27)23-24-11-10-21(26-23)22(29)25-20-9-4-3-7-18(20)2/h3-11,16H,12-15H2,1-2H3,(H,25,29). The number of nitrogens with one attached hydrogen (secondary N) is 1. The average molecular weight is 387 g/mol. The van der Waals surface area contributed by atoms with Crippen molar-refractivity contribution in [2.75, 3.05) is 41.3 Å². The van der Waals surface area contributed by atoms with Gasteiger partial charge in [0.15, 0.2) is 0 Å². The maximum atomic E-state index is 12.6. The van der Waals surface area contributed by atoms with Crippen LogP contribution in [0.15, 0.2) is 60.8 Å². The van der Waals surface area contributed by atoms with Gasteiger partial charge in [0, 0.05) is 43.8 Å². The zero-order valence-electron chi connectivity index (χ0n) is 16.8. The van der Waals surface area contributed by atoms with E-state index < -0.39 is 0 Å². The van der Waals surface area contributed by atoms with E-state index in [0.717, 1.165) is 37.4 Å². The molecule has 1 saturated heterocycles. The number of carbonyl (C=O) groups excluding carboxylic acids is 1. The van der Waals surface area contributed by atoms with E-state index in [4.69, 9.17) is 0 Å². The number of amides is 1. The van der Waals surface area contributed by atoms with Crippen molar-refractivity contribution >= 4 is 23.2 Å². The van der Waals surface area contributed by atoms with Gasteiger partial charge in [-0.1, -0.05) is 30.3 Å². The maximum Gasteiger partial charge on any atom is 0.274 e. The van der Waals surface area contributed by atoms with E-state index in [9.17, 15) is 4.79 Å². The predicted octanol–water partition coefficient (Wildman–Crippen LogP) is 3.67. The monoisotopic (exact) mass is 387 g/mol. The minimum Gasteiger partial charge on any atom is -0.368 e. The molecule has 1 N–H and O–H groups in total. The molecule has 2 aromatic carbocycles. The molecule has 0 saturated carbocycles. The Bertz CT molecular complexity index is 1010. The summed E-state index contributed by atoms with van der Waals surface area (Å²) < 4.78 is 0. The Morgan fingerprint density at radius 3 is 2.45 bits per heavy atom. The molecule has 0 bridgehead atoms. The first-order chi connectivity index (χ1) is 14.1. The van der Waals surface area contributed by atoms with Crippen LogP contribution in [0.1, 0.15) is 21.6 Å². The summed E-state index contributed by atoms with van der Waals surface area (Å²) in [6, 6.07) is 17.9. The van der Waals surface area contributed by atoms with E-state index in [-0.39, 0.29) is 5.91 Å². The summed E-state index contributed by atoms with van der Waals surface area (Å²) in [5.74, 6) is 0.382. The average Bonchev–Trinajstić information content (AvgIpc) is 2.75. The lowest BCUT2D eigenvalue weighted by atomic mass is 10.2. The summed E-state index contributed by atoms with van der Waals surface area (Å²) in [6.45, 7) is 7.50. The highest BCUT2D eigenvalue weighted by atomic mass is 16.1. The zero-order valence-corrected chi connectivity index (χ0v) is 16.8. The van der Waals surface area contributed by atoms with E-state index >= 15 is 0 Å². The van der Waals surface area contributed by atoms with Gasteiger partial charge in [-0.25, -0.2) is 9.97 Å². The van der Waals surface area contributed by atoms with Crippen molar-refractivity contribution in [2.45, 2.75) is 13.8 Å². The van der Waals surface area contributed by atoms with Crippen molar-refractivity contribution in [3.8, 4) is 0 Å². The molecule has 6 heteroatoms. The number of rotatable bonds is 4. The van der Waals surface area contributed by atoms with Crippen molar-refractivity contribution < 1.29 is 4.79 Å². The largest absolute Gasteiger partial charge is 0.368 e. The van der Waals surface area contributed by atoms with Crippen molar-refractivity contribution in [3.63, 3.8) is 0 Å². The number of hydrogen-bond donors (Lipinski definition) is 1. The van der Waals surface area contributed by atoms with Crippen LogP contribution in [0.3, 0.4) is 0 Å². The minimum atomic E-state index is -0.221. The van der Waals surface area contributed by atoms with Crippen LogP contribution in [0.4, 0.5) is 17.3 Å². The Morgan fingerprint density at radius 1 is 0.931 bits per heavy atom. The molecule has 148 valence electrons. The lowest BCUT2D eigenvalue weighted by Gasteiger charge is -2.36. The number of para-hydroxylation sites is 1. The molecule has 0 aliphatic carbocycles. The van der Waals surface area contributed by atoms with Crippen molar-refractivity contribution in [1.82, 2.24) is 9.97 Å². The van der Waals surface area contributed by atoms with Gasteiger partial charge in [-0.2, -0.15) is 0 Å². The van der Waals surface area contributed by atoms with E-state index in [1.807, 2.05) is 31.2 Å². The van der Waals surface area contributed by atoms with Crippen molar-refractivity contribution in [2.24, 2.45) is 0 Å². The molecule has 1 amide bonds. The van der Waals surface area contributed by atoms with Crippen LogP contribution in [0.25, 0.3) is 0 Å². The number of aromatic nitrogens is 2. The van der Waals surface area contributed by atoms with E-state index in [1.165, 1.54) is 11.3 Å². The normalized spacial score (nSPS) is 14.0. The SMILES string of the molecule is Cc1cccc(N2CCN(c3nccc(C(=O)Nc4ccccc4C)n3)CC2)c1. The Balaban J connectivity index is 1.43. The minimum absolute atomic E-state index is 0.221. The second-order valence-electron chi connectivity index (χ2n) is 7.32. The highest BCUT2D eigenvalue weighted by Gasteiger charge is 2.20. The number of aryl methyl sites for hydroxylation is 2. The Morgan fingerprint density at radius 2 is 1.69 bits per heavy atom. The van der Waals surface area contributed by atoms with E-state index in [1.54, 1.807) is 12.3 Å². The number of carbonyl (C=O) groups is 1. The van der Waals surface area contributed by atoms with Crippen molar-refractivity contribution in [3.05, 3.63) is 77.6 Å². The molecule has 0 unspecified atom stereocenters. The molecule has 1 aliphatic rings. The van der Waals surface area contributed by atoms with Crippen LogP contribution in [0, 0.1) is 13.8 Å². The summed E-state index contributed by atoms with van der Waals surface area (Å²) in [5.41, 5.74) is 4.70. The van der Waals surface area contributed by atoms with Gasteiger partial charge >= 0.3 is 0 Å². The van der Waals surface area contributed by atoms with Crippen LogP contribution in [-0.4, -0.2) is 42.1 Å². The van der Waals surface area contributed by atoms with E-state index in [0.29, 0.717) is 11.6 Å². The Hall–Kier alpha value is -3.41. The van der Waals surface area contributed by atoms with Crippen LogP contribution in [0.2, 0.25) is 0 Å². The fraction of sp³-hybridized carbons (Fsp3) is 0.261. The zero-order chi connectivity index (χ0) is 20.2. The molecular weight excluding hydrogens is 362 g/mol. The molecule has 6 nitrogen and oxygen atoms in total. The molecule has 0 radical (unpaired) electrons. The van der Waals surface area contributed by atoms with Gasteiger partial charge < -0.3 is 15.1 Å². The molecule has 1 aromatic heterocycles. The molecule has 2 heterocycles. The molecular formula is C23H25N5O. The predicted molar refractivity (Wildman–Crippen MR) is 117 cm³/mol. The number of anilines is 3. The van der Waals surface area contributed by atoms with Gasteiger partial charge in [0.25, 0.3) is 5.91 Å². The summed E-state index contributed by atoms with van der Waals surface area (Å²) in [5, 5.41) is 2.93. The van der Waals surface area contributed by atoms with Gasteiger partial charge in [0.1, 0.15) is 5.69 Å².